The second-order valence-corrected chi connectivity index (χ2v) is 11.0. The minimum absolute atomic E-state index is 0.129. The molecule has 33 heavy (non-hydrogen) atoms. The highest BCUT2D eigenvalue weighted by Gasteiger charge is 2.63. The molecule has 0 N–H and O–H groups in total. The van der Waals surface area contributed by atoms with Crippen molar-refractivity contribution in [2.75, 3.05) is 13.2 Å². The van der Waals surface area contributed by atoms with Crippen LogP contribution in [0.1, 0.15) is 116 Å². The molecule has 0 aromatic rings. The fraction of sp³-hybridized carbons (Fsp3) is 1.00. The molecule has 5 atom stereocenters. The summed E-state index contributed by atoms with van der Waals surface area (Å²) in [6, 6.07) is 0. The van der Waals surface area contributed by atoms with E-state index in [9.17, 15) is 0 Å². The van der Waals surface area contributed by atoms with E-state index in [1.807, 2.05) is 0 Å². The van der Waals surface area contributed by atoms with Crippen molar-refractivity contribution in [3.63, 3.8) is 0 Å². The maximum Gasteiger partial charge on any atom is 0.190 e. The molecular formula is C27H46O6. The van der Waals surface area contributed by atoms with E-state index in [2.05, 4.69) is 6.92 Å². The molecule has 0 radical (unpaired) electrons. The van der Waals surface area contributed by atoms with Crippen LogP contribution in [0.4, 0.5) is 0 Å². The number of rotatable bonds is 10. The van der Waals surface area contributed by atoms with E-state index in [0.29, 0.717) is 6.61 Å². The normalized spacial score (nSPS) is 36.8. The third-order valence-corrected chi connectivity index (χ3v) is 8.38. The van der Waals surface area contributed by atoms with Crippen LogP contribution < -0.4 is 0 Å². The molecule has 0 unspecified atom stereocenters. The van der Waals surface area contributed by atoms with Crippen molar-refractivity contribution in [2.24, 2.45) is 0 Å². The summed E-state index contributed by atoms with van der Waals surface area (Å²) in [5.41, 5.74) is 0. The Morgan fingerprint density at radius 2 is 1.21 bits per heavy atom. The lowest BCUT2D eigenvalue weighted by atomic mass is 9.94. The summed E-state index contributed by atoms with van der Waals surface area (Å²) in [5.74, 6) is -0.953. The Kier molecular flexibility index (Phi) is 8.31. The molecule has 0 aromatic heterocycles. The lowest BCUT2D eigenvalue weighted by Crippen LogP contribution is -2.56. The summed E-state index contributed by atoms with van der Waals surface area (Å²) in [7, 11) is 0. The minimum atomic E-state index is -0.489. The third kappa shape index (κ3) is 5.62. The molecule has 5 rings (SSSR count). The Labute approximate surface area is 200 Å². The van der Waals surface area contributed by atoms with Gasteiger partial charge in [0.05, 0.1) is 6.61 Å². The van der Waals surface area contributed by atoms with Gasteiger partial charge in [0.2, 0.25) is 0 Å². The van der Waals surface area contributed by atoms with Crippen molar-refractivity contribution in [3.8, 4) is 0 Å². The fourth-order valence-electron chi connectivity index (χ4n) is 6.53. The number of fused-ring (bicyclic) bond motifs is 3. The molecule has 5 aliphatic rings. The summed E-state index contributed by atoms with van der Waals surface area (Å²) in [5, 5.41) is 0. The Balaban J connectivity index is 1.17. The average molecular weight is 467 g/mol. The van der Waals surface area contributed by atoms with Gasteiger partial charge in [0.1, 0.15) is 24.4 Å². The van der Waals surface area contributed by atoms with Gasteiger partial charge >= 0.3 is 0 Å². The average Bonchev–Trinajstić information content (AvgIpc) is 3.37. The molecule has 2 spiro atoms. The van der Waals surface area contributed by atoms with Gasteiger partial charge in [-0.3, -0.25) is 0 Å². The minimum Gasteiger partial charge on any atom is -0.379 e. The Morgan fingerprint density at radius 3 is 1.91 bits per heavy atom. The molecule has 190 valence electrons. The molecule has 3 aliphatic heterocycles. The van der Waals surface area contributed by atoms with Gasteiger partial charge in [-0.25, -0.2) is 0 Å². The maximum absolute atomic E-state index is 6.70. The highest BCUT2D eigenvalue weighted by atomic mass is 16.9. The smallest absolute Gasteiger partial charge is 0.190 e. The van der Waals surface area contributed by atoms with Gasteiger partial charge in [0.25, 0.3) is 0 Å². The van der Waals surface area contributed by atoms with Gasteiger partial charge in [-0.05, 0) is 32.1 Å². The monoisotopic (exact) mass is 466 g/mol. The van der Waals surface area contributed by atoms with E-state index in [0.717, 1.165) is 64.4 Å². The van der Waals surface area contributed by atoms with Crippen LogP contribution in [-0.4, -0.2) is 55.5 Å². The molecular weight excluding hydrogens is 420 g/mol. The van der Waals surface area contributed by atoms with Gasteiger partial charge in [0.15, 0.2) is 17.9 Å². The number of unbranched alkanes of at least 4 members (excludes halogenated alkanes) is 6. The zero-order chi connectivity index (χ0) is 22.6. The molecule has 6 nitrogen and oxygen atoms in total. The molecule has 2 aliphatic carbocycles. The predicted octanol–water partition coefficient (Wildman–Crippen LogP) is 6.00. The number of hydrogen-bond donors (Lipinski definition) is 0. The van der Waals surface area contributed by atoms with E-state index in [-0.39, 0.29) is 30.7 Å². The van der Waals surface area contributed by atoms with E-state index in [4.69, 9.17) is 28.4 Å². The van der Waals surface area contributed by atoms with E-state index < -0.39 is 11.6 Å². The fourth-order valence-corrected chi connectivity index (χ4v) is 6.53. The molecule has 3 heterocycles. The van der Waals surface area contributed by atoms with Crippen molar-refractivity contribution in [1.29, 1.82) is 0 Å². The lowest BCUT2D eigenvalue weighted by Gasteiger charge is -2.37. The first-order valence-corrected chi connectivity index (χ1v) is 14.2. The van der Waals surface area contributed by atoms with Crippen LogP contribution in [0.25, 0.3) is 0 Å². The van der Waals surface area contributed by atoms with Crippen LogP contribution in [0.3, 0.4) is 0 Å². The molecule has 6 heteroatoms. The van der Waals surface area contributed by atoms with Gasteiger partial charge < -0.3 is 28.4 Å². The summed E-state index contributed by atoms with van der Waals surface area (Å²) in [4.78, 5) is 0. The van der Waals surface area contributed by atoms with Gasteiger partial charge in [0, 0.05) is 32.3 Å². The summed E-state index contributed by atoms with van der Waals surface area (Å²) in [6.45, 7) is 3.59. The first kappa shape index (κ1) is 24.5. The Bertz CT molecular complexity index is 599. The predicted molar refractivity (Wildman–Crippen MR) is 125 cm³/mol. The van der Waals surface area contributed by atoms with Gasteiger partial charge in [-0.2, -0.15) is 0 Å². The van der Waals surface area contributed by atoms with Crippen LogP contribution >= 0.6 is 0 Å². The quantitative estimate of drug-likeness (QED) is 0.368. The second kappa shape index (κ2) is 11.2. The maximum atomic E-state index is 6.70. The molecule has 5 fully saturated rings. The van der Waals surface area contributed by atoms with E-state index in [1.165, 1.54) is 51.4 Å². The van der Waals surface area contributed by atoms with Crippen LogP contribution in [0, 0.1) is 0 Å². The molecule has 0 aromatic carbocycles. The Hall–Kier alpha value is -0.240. The first-order valence-electron chi connectivity index (χ1n) is 14.2. The number of ether oxygens (including phenoxy) is 6. The summed E-state index contributed by atoms with van der Waals surface area (Å²) >= 11 is 0. The van der Waals surface area contributed by atoms with Crippen molar-refractivity contribution < 1.29 is 28.4 Å². The highest BCUT2D eigenvalue weighted by Crippen LogP contribution is 2.50. The summed E-state index contributed by atoms with van der Waals surface area (Å²) < 4.78 is 39.0. The highest BCUT2D eigenvalue weighted by molar-refractivity contribution is 5.03. The Morgan fingerprint density at radius 1 is 0.636 bits per heavy atom. The van der Waals surface area contributed by atoms with E-state index in [1.54, 1.807) is 0 Å². The zero-order valence-corrected chi connectivity index (χ0v) is 20.8. The van der Waals surface area contributed by atoms with Crippen LogP contribution in [0.15, 0.2) is 0 Å². The van der Waals surface area contributed by atoms with Crippen molar-refractivity contribution >= 4 is 0 Å². The molecule has 0 amide bonds. The van der Waals surface area contributed by atoms with Crippen molar-refractivity contribution in [3.05, 3.63) is 0 Å². The van der Waals surface area contributed by atoms with Gasteiger partial charge in [-0.15, -0.1) is 0 Å². The molecule has 0 bridgehead atoms. The molecule has 3 saturated heterocycles. The van der Waals surface area contributed by atoms with Crippen molar-refractivity contribution in [2.45, 2.75) is 158 Å². The van der Waals surface area contributed by atoms with Crippen LogP contribution in [0.2, 0.25) is 0 Å². The topological polar surface area (TPSA) is 55.4 Å². The zero-order valence-electron chi connectivity index (χ0n) is 20.8. The van der Waals surface area contributed by atoms with Gasteiger partial charge in [-0.1, -0.05) is 58.3 Å². The second-order valence-electron chi connectivity index (χ2n) is 11.0. The third-order valence-electron chi connectivity index (χ3n) is 8.38. The summed E-state index contributed by atoms with van der Waals surface area (Å²) in [6.07, 6.45) is 19.0. The van der Waals surface area contributed by atoms with E-state index >= 15 is 0 Å². The lowest BCUT2D eigenvalue weighted by molar-refractivity contribution is -0.256. The standard InChI is InChI=1S/C27H46O6/c1-2-3-4-5-6-7-14-19-28-20-21-22-23(31-26(30-22)15-10-8-11-16-26)24-25(29-21)33-27(32-24)17-12-9-13-18-27/h21-25H,2-20H2,1H3/t21-,22+,23+,24+,25+/m0/s1. The number of hydrogen-bond acceptors (Lipinski definition) is 6. The SMILES string of the molecule is CCCCCCCCCOC[C@@H]1O[C@@H]2OC3(CCCCC3)O[C@@H]2[C@@H]2OC3(CCCCC3)O[C@@H]21. The largest absolute Gasteiger partial charge is 0.379 e. The van der Waals surface area contributed by atoms with Crippen molar-refractivity contribution in [1.82, 2.24) is 0 Å². The van der Waals surface area contributed by atoms with Crippen LogP contribution in [0.5, 0.6) is 0 Å². The van der Waals surface area contributed by atoms with Crippen LogP contribution in [-0.2, 0) is 28.4 Å². The first-order chi connectivity index (χ1) is 16.2. The molecule has 2 saturated carbocycles.